The number of terminal acetylenes is 1. The summed E-state index contributed by atoms with van der Waals surface area (Å²) in [5.74, 6) is 3.59. The van der Waals surface area contributed by atoms with E-state index in [-0.39, 0.29) is 5.41 Å². The summed E-state index contributed by atoms with van der Waals surface area (Å²) in [6.45, 7) is 6.51. The van der Waals surface area contributed by atoms with Crippen molar-refractivity contribution in [2.75, 3.05) is 7.11 Å². The highest BCUT2D eigenvalue weighted by atomic mass is 16.5. The van der Waals surface area contributed by atoms with Crippen molar-refractivity contribution in [2.24, 2.45) is 0 Å². The minimum atomic E-state index is 0.0793. The van der Waals surface area contributed by atoms with Crippen molar-refractivity contribution in [3.63, 3.8) is 0 Å². The fourth-order valence-electron chi connectivity index (χ4n) is 1.57. The van der Waals surface area contributed by atoms with Gasteiger partial charge in [-0.15, -0.1) is 12.3 Å². The first-order valence-corrected chi connectivity index (χ1v) is 5.10. The molecule has 1 aromatic carbocycles. The van der Waals surface area contributed by atoms with E-state index in [0.29, 0.717) is 6.42 Å². The number of ether oxygens (including phenoxy) is 1. The van der Waals surface area contributed by atoms with Gasteiger partial charge in [-0.25, -0.2) is 0 Å². The monoisotopic (exact) mass is 202 g/mol. The Balaban J connectivity index is 3.21. The maximum Gasteiger partial charge on any atom is 0.122 e. The van der Waals surface area contributed by atoms with E-state index in [4.69, 9.17) is 11.2 Å². The third kappa shape index (κ3) is 2.76. The highest BCUT2D eigenvalue weighted by Gasteiger charge is 2.18. The maximum atomic E-state index is 5.35. The fourth-order valence-corrected chi connectivity index (χ4v) is 1.57. The Morgan fingerprint density at radius 2 is 2.00 bits per heavy atom. The van der Waals surface area contributed by atoms with E-state index in [9.17, 15) is 0 Å². The molecule has 80 valence electrons. The molecule has 1 rings (SSSR count). The van der Waals surface area contributed by atoms with Gasteiger partial charge < -0.3 is 4.74 Å². The molecule has 0 radical (unpaired) electrons. The highest BCUT2D eigenvalue weighted by Crippen LogP contribution is 2.31. The molecule has 0 N–H and O–H groups in total. The highest BCUT2D eigenvalue weighted by molar-refractivity contribution is 5.42. The van der Waals surface area contributed by atoms with Crippen molar-refractivity contribution >= 4 is 0 Å². The first-order valence-electron chi connectivity index (χ1n) is 5.10. The predicted octanol–water partition coefficient (Wildman–Crippen LogP) is 3.17. The molecule has 0 fully saturated rings. The lowest BCUT2D eigenvalue weighted by molar-refractivity contribution is 0.397. The molecule has 1 aromatic rings. The Morgan fingerprint density at radius 3 is 2.47 bits per heavy atom. The van der Waals surface area contributed by atoms with Crippen LogP contribution in [0.4, 0.5) is 0 Å². The Labute approximate surface area is 92.5 Å². The van der Waals surface area contributed by atoms with E-state index in [2.05, 4.69) is 32.8 Å². The van der Waals surface area contributed by atoms with Crippen LogP contribution in [0.3, 0.4) is 0 Å². The second-order valence-electron chi connectivity index (χ2n) is 4.67. The zero-order valence-electron chi connectivity index (χ0n) is 9.92. The lowest BCUT2D eigenvalue weighted by atomic mass is 9.85. The van der Waals surface area contributed by atoms with E-state index in [1.165, 1.54) is 11.1 Å². The Morgan fingerprint density at radius 1 is 1.33 bits per heavy atom. The Kier molecular flexibility index (Phi) is 3.42. The summed E-state index contributed by atoms with van der Waals surface area (Å²) < 4.78 is 5.35. The largest absolute Gasteiger partial charge is 0.496 e. The van der Waals surface area contributed by atoms with Gasteiger partial charge in [-0.2, -0.15) is 0 Å². The van der Waals surface area contributed by atoms with Gasteiger partial charge in [0.25, 0.3) is 0 Å². The normalized spacial score (nSPS) is 10.9. The third-order valence-corrected chi connectivity index (χ3v) is 2.38. The summed E-state index contributed by atoms with van der Waals surface area (Å²) in [5, 5.41) is 0. The van der Waals surface area contributed by atoms with Crippen LogP contribution in [0.15, 0.2) is 18.2 Å². The second kappa shape index (κ2) is 4.40. The summed E-state index contributed by atoms with van der Waals surface area (Å²) in [5.41, 5.74) is 2.46. The molecule has 0 unspecified atom stereocenters. The van der Waals surface area contributed by atoms with Gasteiger partial charge in [0.2, 0.25) is 0 Å². The number of methoxy groups -OCH3 is 1. The van der Waals surface area contributed by atoms with Crippen molar-refractivity contribution in [2.45, 2.75) is 32.6 Å². The first kappa shape index (κ1) is 11.7. The molecule has 0 spiro atoms. The Hall–Kier alpha value is -1.42. The van der Waals surface area contributed by atoms with Crippen LogP contribution in [0.5, 0.6) is 5.75 Å². The van der Waals surface area contributed by atoms with E-state index < -0.39 is 0 Å². The van der Waals surface area contributed by atoms with Crippen LogP contribution < -0.4 is 4.74 Å². The molecule has 0 aliphatic rings. The van der Waals surface area contributed by atoms with Crippen LogP contribution in [-0.2, 0) is 11.8 Å². The summed E-state index contributed by atoms with van der Waals surface area (Å²) in [4.78, 5) is 0. The molecule has 0 saturated heterocycles. The molecule has 1 nitrogen and oxygen atoms in total. The third-order valence-electron chi connectivity index (χ3n) is 2.38. The number of hydrogen-bond donors (Lipinski definition) is 0. The van der Waals surface area contributed by atoms with E-state index >= 15 is 0 Å². The molecule has 0 bridgehead atoms. The van der Waals surface area contributed by atoms with Gasteiger partial charge in [0.1, 0.15) is 5.75 Å². The summed E-state index contributed by atoms with van der Waals surface area (Å²) in [7, 11) is 1.70. The molecule has 1 heteroatoms. The van der Waals surface area contributed by atoms with E-state index in [0.717, 1.165) is 5.75 Å². The van der Waals surface area contributed by atoms with Gasteiger partial charge in [0, 0.05) is 6.42 Å². The van der Waals surface area contributed by atoms with Crippen molar-refractivity contribution in [1.82, 2.24) is 0 Å². The van der Waals surface area contributed by atoms with Gasteiger partial charge in [-0.1, -0.05) is 32.9 Å². The van der Waals surface area contributed by atoms with Crippen LogP contribution in [0.2, 0.25) is 0 Å². The lowest BCUT2D eigenvalue weighted by Gasteiger charge is -2.22. The second-order valence-corrected chi connectivity index (χ2v) is 4.67. The number of hydrogen-bond acceptors (Lipinski definition) is 1. The van der Waals surface area contributed by atoms with Crippen molar-refractivity contribution in [3.8, 4) is 18.1 Å². The van der Waals surface area contributed by atoms with Gasteiger partial charge in [-0.05, 0) is 22.6 Å². The molecule has 0 aromatic heterocycles. The molecular formula is C14H18O. The number of benzene rings is 1. The summed E-state index contributed by atoms with van der Waals surface area (Å²) in [6, 6.07) is 6.15. The average Bonchev–Trinajstić information content (AvgIpc) is 2.17. The molecule has 0 heterocycles. The van der Waals surface area contributed by atoms with Crippen LogP contribution in [-0.4, -0.2) is 7.11 Å². The standard InChI is InChI=1S/C14H18O/c1-6-7-11-8-9-13(15-5)12(10-11)14(2,3)4/h1,8-10H,7H2,2-5H3. The van der Waals surface area contributed by atoms with Crippen LogP contribution in [0.25, 0.3) is 0 Å². The maximum absolute atomic E-state index is 5.35. The average molecular weight is 202 g/mol. The van der Waals surface area contributed by atoms with Crippen molar-refractivity contribution in [3.05, 3.63) is 29.3 Å². The topological polar surface area (TPSA) is 9.23 Å². The fraction of sp³-hybridized carbons (Fsp3) is 0.429. The summed E-state index contributed by atoms with van der Waals surface area (Å²) >= 11 is 0. The SMILES string of the molecule is C#CCc1ccc(OC)c(C(C)(C)C)c1. The number of rotatable bonds is 2. The molecule has 0 aliphatic carbocycles. The molecule has 0 atom stereocenters. The van der Waals surface area contributed by atoms with Crippen molar-refractivity contribution in [1.29, 1.82) is 0 Å². The first-order chi connectivity index (χ1) is 6.99. The molecule has 0 saturated carbocycles. The van der Waals surface area contributed by atoms with Gasteiger partial charge >= 0.3 is 0 Å². The van der Waals surface area contributed by atoms with Crippen LogP contribution in [0.1, 0.15) is 31.9 Å². The minimum absolute atomic E-state index is 0.0793. The zero-order chi connectivity index (χ0) is 11.5. The molecule has 15 heavy (non-hydrogen) atoms. The zero-order valence-corrected chi connectivity index (χ0v) is 9.92. The summed E-state index contributed by atoms with van der Waals surface area (Å²) in [6.07, 6.45) is 5.98. The molecular weight excluding hydrogens is 184 g/mol. The van der Waals surface area contributed by atoms with Gasteiger partial charge in [0.15, 0.2) is 0 Å². The van der Waals surface area contributed by atoms with E-state index in [1.54, 1.807) is 7.11 Å². The Bertz CT molecular complexity index is 377. The lowest BCUT2D eigenvalue weighted by Crippen LogP contribution is -2.13. The predicted molar refractivity (Wildman–Crippen MR) is 64.2 cm³/mol. The molecule has 0 amide bonds. The van der Waals surface area contributed by atoms with E-state index in [1.807, 2.05) is 12.1 Å². The quantitative estimate of drug-likeness (QED) is 0.669. The van der Waals surface area contributed by atoms with Gasteiger partial charge in [-0.3, -0.25) is 0 Å². The smallest absolute Gasteiger partial charge is 0.122 e. The van der Waals surface area contributed by atoms with Gasteiger partial charge in [0.05, 0.1) is 7.11 Å². The van der Waals surface area contributed by atoms with Crippen molar-refractivity contribution < 1.29 is 4.74 Å². The van der Waals surface area contributed by atoms with Crippen LogP contribution in [0, 0.1) is 12.3 Å². The molecule has 0 aliphatic heterocycles. The minimum Gasteiger partial charge on any atom is -0.496 e. The van der Waals surface area contributed by atoms with Crippen LogP contribution >= 0.6 is 0 Å².